The van der Waals surface area contributed by atoms with E-state index in [4.69, 9.17) is 5.11 Å². The van der Waals surface area contributed by atoms with Crippen LogP contribution in [0.25, 0.3) is 11.4 Å². The van der Waals surface area contributed by atoms with Gasteiger partial charge in [0.1, 0.15) is 11.6 Å². The Morgan fingerprint density at radius 1 is 1.50 bits per heavy atom. The van der Waals surface area contributed by atoms with Crippen molar-refractivity contribution in [3.8, 4) is 11.4 Å². The molecular formula is C12H12FN3O2. The molecule has 0 amide bonds. The van der Waals surface area contributed by atoms with Gasteiger partial charge in [-0.2, -0.15) is 5.10 Å². The molecule has 0 fully saturated rings. The Morgan fingerprint density at radius 3 is 2.94 bits per heavy atom. The summed E-state index contributed by atoms with van der Waals surface area (Å²) in [5.74, 6) is -0.209. The largest absolute Gasteiger partial charge is 0.481 e. The average Bonchev–Trinajstić information content (AvgIpc) is 2.79. The van der Waals surface area contributed by atoms with E-state index in [0.717, 1.165) is 0 Å². The first-order valence-corrected chi connectivity index (χ1v) is 5.46. The maximum atomic E-state index is 13.1. The molecule has 0 saturated heterocycles. The van der Waals surface area contributed by atoms with Gasteiger partial charge < -0.3 is 5.11 Å². The van der Waals surface area contributed by atoms with Gasteiger partial charge in [-0.25, -0.2) is 9.37 Å². The van der Waals surface area contributed by atoms with Gasteiger partial charge in [0.15, 0.2) is 5.82 Å². The van der Waals surface area contributed by atoms with Crippen LogP contribution in [0.2, 0.25) is 0 Å². The van der Waals surface area contributed by atoms with Crippen molar-refractivity contribution in [2.45, 2.75) is 19.8 Å². The van der Waals surface area contributed by atoms with E-state index in [0.29, 0.717) is 29.2 Å². The number of aromatic amines is 1. The minimum atomic E-state index is -0.884. The zero-order valence-electron chi connectivity index (χ0n) is 9.77. The first-order valence-electron chi connectivity index (χ1n) is 5.46. The average molecular weight is 249 g/mol. The zero-order valence-corrected chi connectivity index (χ0v) is 9.77. The van der Waals surface area contributed by atoms with E-state index in [-0.39, 0.29) is 12.2 Å². The van der Waals surface area contributed by atoms with Crippen LogP contribution in [-0.4, -0.2) is 26.3 Å². The topological polar surface area (TPSA) is 78.9 Å². The fourth-order valence-corrected chi connectivity index (χ4v) is 1.55. The van der Waals surface area contributed by atoms with E-state index in [1.54, 1.807) is 19.1 Å². The zero-order chi connectivity index (χ0) is 13.1. The molecule has 1 heterocycles. The van der Waals surface area contributed by atoms with Crippen LogP contribution < -0.4 is 0 Å². The minimum absolute atomic E-state index is 0.00290. The monoisotopic (exact) mass is 249 g/mol. The van der Waals surface area contributed by atoms with Crippen LogP contribution in [0.4, 0.5) is 4.39 Å². The fourth-order valence-electron chi connectivity index (χ4n) is 1.55. The molecule has 0 radical (unpaired) electrons. The summed E-state index contributed by atoms with van der Waals surface area (Å²) in [7, 11) is 0. The van der Waals surface area contributed by atoms with Crippen molar-refractivity contribution in [3.63, 3.8) is 0 Å². The summed E-state index contributed by atoms with van der Waals surface area (Å²) in [6, 6.07) is 4.60. The molecule has 0 spiro atoms. The van der Waals surface area contributed by atoms with E-state index in [2.05, 4.69) is 15.2 Å². The van der Waals surface area contributed by atoms with Crippen molar-refractivity contribution in [3.05, 3.63) is 35.4 Å². The molecule has 0 unspecified atom stereocenters. The van der Waals surface area contributed by atoms with Gasteiger partial charge in [-0.1, -0.05) is 0 Å². The molecule has 0 aliphatic rings. The van der Waals surface area contributed by atoms with Gasteiger partial charge in [0.05, 0.1) is 6.42 Å². The fraction of sp³-hybridized carbons (Fsp3) is 0.250. The predicted molar refractivity (Wildman–Crippen MR) is 62.5 cm³/mol. The number of aryl methyl sites for hydroxylation is 2. The molecule has 0 aliphatic heterocycles. The first kappa shape index (κ1) is 12.2. The molecule has 5 nitrogen and oxygen atoms in total. The second-order valence-electron chi connectivity index (χ2n) is 3.96. The van der Waals surface area contributed by atoms with Crippen LogP contribution >= 0.6 is 0 Å². The van der Waals surface area contributed by atoms with Crippen molar-refractivity contribution < 1.29 is 14.3 Å². The van der Waals surface area contributed by atoms with Gasteiger partial charge in [-0.15, -0.1) is 0 Å². The van der Waals surface area contributed by atoms with Crippen LogP contribution in [0.5, 0.6) is 0 Å². The lowest BCUT2D eigenvalue weighted by molar-refractivity contribution is -0.137. The number of rotatable bonds is 4. The lowest BCUT2D eigenvalue weighted by atomic mass is 10.1. The molecule has 2 aromatic rings. The van der Waals surface area contributed by atoms with Crippen molar-refractivity contribution in [2.24, 2.45) is 0 Å². The molecule has 6 heteroatoms. The molecule has 0 aliphatic carbocycles. The number of carboxylic acid groups (broad SMARTS) is 1. The Labute approximate surface area is 103 Å². The molecule has 0 atom stereocenters. The molecule has 94 valence electrons. The number of carboxylic acids is 1. The smallest absolute Gasteiger partial charge is 0.303 e. The summed E-state index contributed by atoms with van der Waals surface area (Å²) < 4.78 is 13.1. The molecule has 1 aromatic carbocycles. The highest BCUT2D eigenvalue weighted by molar-refractivity contribution is 5.67. The van der Waals surface area contributed by atoms with Crippen LogP contribution in [-0.2, 0) is 11.2 Å². The van der Waals surface area contributed by atoms with Crippen molar-refractivity contribution in [1.29, 1.82) is 0 Å². The van der Waals surface area contributed by atoms with Crippen LogP contribution in [0.1, 0.15) is 17.8 Å². The maximum absolute atomic E-state index is 13.1. The summed E-state index contributed by atoms with van der Waals surface area (Å²) in [6.07, 6.45) is 0.291. The lowest BCUT2D eigenvalue weighted by Crippen LogP contribution is -1.98. The van der Waals surface area contributed by atoms with Crippen LogP contribution in [0, 0.1) is 12.7 Å². The van der Waals surface area contributed by atoms with E-state index >= 15 is 0 Å². The molecule has 0 bridgehead atoms. The molecule has 2 N–H and O–H groups in total. The number of hydrogen-bond acceptors (Lipinski definition) is 3. The highest BCUT2D eigenvalue weighted by atomic mass is 19.1. The summed E-state index contributed by atoms with van der Waals surface area (Å²) in [6.45, 7) is 1.66. The van der Waals surface area contributed by atoms with Gasteiger partial charge in [-0.3, -0.25) is 9.89 Å². The Balaban J connectivity index is 2.18. The van der Waals surface area contributed by atoms with Crippen molar-refractivity contribution in [2.75, 3.05) is 0 Å². The van der Waals surface area contributed by atoms with E-state index in [9.17, 15) is 9.18 Å². The number of halogens is 1. The highest BCUT2D eigenvalue weighted by Gasteiger charge is 2.08. The minimum Gasteiger partial charge on any atom is -0.481 e. The quantitative estimate of drug-likeness (QED) is 0.867. The number of benzene rings is 1. The molecule has 2 rings (SSSR count). The molecule has 0 saturated carbocycles. The normalized spacial score (nSPS) is 10.6. The lowest BCUT2D eigenvalue weighted by Gasteiger charge is -1.98. The second-order valence-corrected chi connectivity index (χ2v) is 3.96. The van der Waals surface area contributed by atoms with Crippen molar-refractivity contribution in [1.82, 2.24) is 15.2 Å². The predicted octanol–water partition coefficient (Wildman–Crippen LogP) is 1.94. The summed E-state index contributed by atoms with van der Waals surface area (Å²) in [4.78, 5) is 14.6. The SMILES string of the molecule is Cc1cc(-c2n[nH]c(CCC(=O)O)n2)ccc1F. The summed E-state index contributed by atoms with van der Waals surface area (Å²) >= 11 is 0. The van der Waals surface area contributed by atoms with Gasteiger partial charge in [-0.05, 0) is 30.7 Å². The number of aromatic nitrogens is 3. The first-order chi connectivity index (χ1) is 8.56. The van der Waals surface area contributed by atoms with E-state index in [1.807, 2.05) is 0 Å². The Bertz CT molecular complexity index is 580. The maximum Gasteiger partial charge on any atom is 0.303 e. The standard InChI is InChI=1S/C12H12FN3O2/c1-7-6-8(2-3-9(7)13)12-14-10(15-16-12)4-5-11(17)18/h2-3,6H,4-5H2,1H3,(H,17,18)(H,14,15,16). The van der Waals surface area contributed by atoms with Gasteiger partial charge in [0, 0.05) is 12.0 Å². The molecule has 1 aromatic heterocycles. The van der Waals surface area contributed by atoms with Crippen LogP contribution in [0.15, 0.2) is 18.2 Å². The third kappa shape index (κ3) is 2.71. The van der Waals surface area contributed by atoms with Gasteiger partial charge >= 0.3 is 5.97 Å². The third-order valence-corrected chi connectivity index (χ3v) is 2.52. The number of nitrogens with one attached hydrogen (secondary N) is 1. The number of carbonyl (C=O) groups is 1. The van der Waals surface area contributed by atoms with Crippen molar-refractivity contribution >= 4 is 5.97 Å². The van der Waals surface area contributed by atoms with Gasteiger partial charge in [0.2, 0.25) is 0 Å². The highest BCUT2D eigenvalue weighted by Crippen LogP contribution is 2.18. The number of hydrogen-bond donors (Lipinski definition) is 2. The number of nitrogens with zero attached hydrogens (tertiary/aromatic N) is 2. The Morgan fingerprint density at radius 2 is 2.28 bits per heavy atom. The number of H-pyrrole nitrogens is 1. The van der Waals surface area contributed by atoms with E-state index < -0.39 is 5.97 Å². The summed E-state index contributed by atoms with van der Waals surface area (Å²) in [5.41, 5.74) is 1.22. The molecular weight excluding hydrogens is 237 g/mol. The van der Waals surface area contributed by atoms with E-state index in [1.165, 1.54) is 6.07 Å². The van der Waals surface area contributed by atoms with Crippen LogP contribution in [0.3, 0.4) is 0 Å². The number of aliphatic carboxylic acids is 1. The van der Waals surface area contributed by atoms with Gasteiger partial charge in [0.25, 0.3) is 0 Å². The Hall–Kier alpha value is -2.24. The third-order valence-electron chi connectivity index (χ3n) is 2.52. The summed E-state index contributed by atoms with van der Waals surface area (Å²) in [5, 5.41) is 15.2. The second kappa shape index (κ2) is 4.95. The molecule has 18 heavy (non-hydrogen) atoms. The Kier molecular flexibility index (Phi) is 3.36.